The molecule has 2 atom stereocenters. The fourth-order valence-electron chi connectivity index (χ4n) is 2.03. The molecule has 0 amide bonds. The van der Waals surface area contributed by atoms with E-state index in [1.165, 1.54) is 6.07 Å². The highest BCUT2D eigenvalue weighted by Gasteiger charge is 2.41. The summed E-state index contributed by atoms with van der Waals surface area (Å²) in [5, 5.41) is 0.133. The van der Waals surface area contributed by atoms with Gasteiger partial charge in [-0.1, -0.05) is 24.3 Å². The SMILES string of the molecule is C=CCOc1ccc(Cl)c(F)c1C1CC1CN. The van der Waals surface area contributed by atoms with Crippen molar-refractivity contribution in [3.8, 4) is 5.75 Å². The van der Waals surface area contributed by atoms with E-state index in [9.17, 15) is 4.39 Å². The van der Waals surface area contributed by atoms with Crippen molar-refractivity contribution in [3.63, 3.8) is 0 Å². The molecular weight excluding hydrogens is 241 g/mol. The lowest BCUT2D eigenvalue weighted by atomic mass is 10.1. The van der Waals surface area contributed by atoms with E-state index in [1.54, 1.807) is 12.1 Å². The fourth-order valence-corrected chi connectivity index (χ4v) is 2.20. The Morgan fingerprint density at radius 2 is 2.35 bits per heavy atom. The second-order valence-electron chi connectivity index (χ2n) is 4.21. The van der Waals surface area contributed by atoms with Crippen LogP contribution in [0.15, 0.2) is 24.8 Å². The molecule has 0 bridgehead atoms. The van der Waals surface area contributed by atoms with Gasteiger partial charge in [-0.2, -0.15) is 0 Å². The van der Waals surface area contributed by atoms with Crippen LogP contribution in [0, 0.1) is 11.7 Å². The molecule has 0 heterocycles. The van der Waals surface area contributed by atoms with Gasteiger partial charge in [0, 0.05) is 5.56 Å². The first kappa shape index (κ1) is 12.4. The van der Waals surface area contributed by atoms with Gasteiger partial charge in [0.05, 0.1) is 5.02 Å². The summed E-state index contributed by atoms with van der Waals surface area (Å²) in [5.74, 6) is 0.648. The molecule has 0 spiro atoms. The number of halogens is 2. The number of hydrogen-bond donors (Lipinski definition) is 1. The van der Waals surface area contributed by atoms with Gasteiger partial charge in [0.25, 0.3) is 0 Å². The molecule has 2 nitrogen and oxygen atoms in total. The predicted molar refractivity (Wildman–Crippen MR) is 67.0 cm³/mol. The summed E-state index contributed by atoms with van der Waals surface area (Å²) in [6, 6.07) is 3.22. The lowest BCUT2D eigenvalue weighted by Crippen LogP contribution is -2.05. The molecule has 1 aromatic rings. The first-order valence-electron chi connectivity index (χ1n) is 5.60. The van der Waals surface area contributed by atoms with Crippen LogP contribution in [0.4, 0.5) is 4.39 Å². The maximum atomic E-state index is 14.0. The van der Waals surface area contributed by atoms with Crippen molar-refractivity contribution >= 4 is 11.6 Å². The van der Waals surface area contributed by atoms with E-state index in [0.717, 1.165) is 6.42 Å². The van der Waals surface area contributed by atoms with E-state index in [1.807, 2.05) is 0 Å². The Balaban J connectivity index is 2.32. The third-order valence-electron chi connectivity index (χ3n) is 3.05. The normalized spacial score (nSPS) is 22.3. The monoisotopic (exact) mass is 255 g/mol. The van der Waals surface area contributed by atoms with Crippen molar-refractivity contribution in [2.24, 2.45) is 11.7 Å². The topological polar surface area (TPSA) is 35.2 Å². The highest BCUT2D eigenvalue weighted by atomic mass is 35.5. The maximum Gasteiger partial charge on any atom is 0.148 e. The van der Waals surface area contributed by atoms with E-state index in [4.69, 9.17) is 22.1 Å². The molecule has 4 heteroatoms. The van der Waals surface area contributed by atoms with Crippen LogP contribution in [-0.2, 0) is 0 Å². The van der Waals surface area contributed by atoms with E-state index in [-0.39, 0.29) is 16.8 Å². The quantitative estimate of drug-likeness (QED) is 0.821. The predicted octanol–water partition coefficient (Wildman–Crippen LogP) is 3.11. The van der Waals surface area contributed by atoms with E-state index >= 15 is 0 Å². The van der Waals surface area contributed by atoms with Crippen molar-refractivity contribution in [2.75, 3.05) is 13.2 Å². The zero-order valence-electron chi connectivity index (χ0n) is 9.46. The molecule has 1 aliphatic carbocycles. The van der Waals surface area contributed by atoms with Gasteiger partial charge < -0.3 is 10.5 Å². The largest absolute Gasteiger partial charge is 0.489 e. The van der Waals surface area contributed by atoms with E-state index in [0.29, 0.717) is 30.4 Å². The van der Waals surface area contributed by atoms with Gasteiger partial charge in [0.2, 0.25) is 0 Å². The summed E-state index contributed by atoms with van der Waals surface area (Å²) in [4.78, 5) is 0. The first-order valence-corrected chi connectivity index (χ1v) is 5.98. The van der Waals surface area contributed by atoms with Crippen LogP contribution in [0.2, 0.25) is 5.02 Å². The van der Waals surface area contributed by atoms with Crippen molar-refractivity contribution in [1.29, 1.82) is 0 Å². The van der Waals surface area contributed by atoms with Crippen LogP contribution in [-0.4, -0.2) is 13.2 Å². The average molecular weight is 256 g/mol. The Hall–Kier alpha value is -1.06. The van der Waals surface area contributed by atoms with E-state index < -0.39 is 0 Å². The molecule has 1 aliphatic rings. The molecule has 2 unspecified atom stereocenters. The molecule has 2 rings (SSSR count). The summed E-state index contributed by atoms with van der Waals surface area (Å²) in [7, 11) is 0. The number of benzene rings is 1. The Kier molecular flexibility index (Phi) is 3.69. The minimum absolute atomic E-state index is 0.133. The van der Waals surface area contributed by atoms with Crippen molar-refractivity contribution in [3.05, 3.63) is 41.2 Å². The summed E-state index contributed by atoms with van der Waals surface area (Å²) in [6.45, 7) is 4.49. The highest BCUT2D eigenvalue weighted by molar-refractivity contribution is 6.30. The first-order chi connectivity index (χ1) is 8.19. The van der Waals surface area contributed by atoms with Crippen LogP contribution in [0.3, 0.4) is 0 Å². The number of nitrogens with two attached hydrogens (primary N) is 1. The second-order valence-corrected chi connectivity index (χ2v) is 4.62. The van der Waals surface area contributed by atoms with Gasteiger partial charge in [-0.25, -0.2) is 4.39 Å². The molecule has 1 aromatic carbocycles. The van der Waals surface area contributed by atoms with Gasteiger partial charge in [-0.05, 0) is 36.9 Å². The van der Waals surface area contributed by atoms with Crippen LogP contribution in [0.25, 0.3) is 0 Å². The standard InChI is InChI=1S/C13H15ClFNO/c1-2-5-17-11-4-3-10(14)13(15)12(11)9-6-8(9)7-16/h2-4,8-9H,1,5-7,16H2. The minimum Gasteiger partial charge on any atom is -0.489 e. The third kappa shape index (κ3) is 2.45. The van der Waals surface area contributed by atoms with Crippen molar-refractivity contribution in [2.45, 2.75) is 12.3 Å². The third-order valence-corrected chi connectivity index (χ3v) is 3.34. The maximum absolute atomic E-state index is 14.0. The Labute approximate surface area is 105 Å². The van der Waals surface area contributed by atoms with Crippen molar-refractivity contribution in [1.82, 2.24) is 0 Å². The van der Waals surface area contributed by atoms with Crippen LogP contribution < -0.4 is 10.5 Å². The molecule has 92 valence electrons. The van der Waals surface area contributed by atoms with E-state index in [2.05, 4.69) is 6.58 Å². The van der Waals surface area contributed by atoms with Crippen LogP contribution >= 0.6 is 11.6 Å². The fraction of sp³-hybridized carbons (Fsp3) is 0.385. The molecule has 0 aliphatic heterocycles. The Morgan fingerprint density at radius 3 is 2.94 bits per heavy atom. The van der Waals surface area contributed by atoms with Gasteiger partial charge in [-0.15, -0.1) is 0 Å². The number of hydrogen-bond acceptors (Lipinski definition) is 2. The zero-order valence-corrected chi connectivity index (χ0v) is 10.2. The summed E-state index contributed by atoms with van der Waals surface area (Å²) in [6.07, 6.45) is 2.53. The van der Waals surface area contributed by atoms with Crippen LogP contribution in [0.1, 0.15) is 17.9 Å². The molecule has 1 saturated carbocycles. The summed E-state index contributed by atoms with van der Waals surface area (Å²) >= 11 is 5.80. The Morgan fingerprint density at radius 1 is 1.59 bits per heavy atom. The number of rotatable bonds is 5. The van der Waals surface area contributed by atoms with Crippen molar-refractivity contribution < 1.29 is 9.13 Å². The van der Waals surface area contributed by atoms with Crippen LogP contribution in [0.5, 0.6) is 5.75 Å². The minimum atomic E-state index is -0.380. The molecule has 2 N–H and O–H groups in total. The van der Waals surface area contributed by atoms with Gasteiger partial charge in [0.15, 0.2) is 0 Å². The zero-order chi connectivity index (χ0) is 12.4. The smallest absolute Gasteiger partial charge is 0.148 e. The lowest BCUT2D eigenvalue weighted by Gasteiger charge is -2.12. The van der Waals surface area contributed by atoms with Gasteiger partial charge in [-0.3, -0.25) is 0 Å². The molecule has 0 aromatic heterocycles. The molecular formula is C13H15ClFNO. The average Bonchev–Trinajstić information content (AvgIpc) is 3.09. The van der Waals surface area contributed by atoms with Gasteiger partial charge in [0.1, 0.15) is 18.2 Å². The number of ether oxygens (including phenoxy) is 1. The lowest BCUT2D eigenvalue weighted by molar-refractivity contribution is 0.355. The molecule has 17 heavy (non-hydrogen) atoms. The molecule has 0 saturated heterocycles. The summed E-state index contributed by atoms with van der Waals surface area (Å²) in [5.41, 5.74) is 6.15. The second kappa shape index (κ2) is 5.07. The Bertz CT molecular complexity index is 436. The van der Waals surface area contributed by atoms with Gasteiger partial charge >= 0.3 is 0 Å². The summed E-state index contributed by atoms with van der Waals surface area (Å²) < 4.78 is 19.5. The molecule has 0 radical (unpaired) electrons. The molecule has 1 fully saturated rings. The highest BCUT2D eigenvalue weighted by Crippen LogP contribution is 2.51.